The molecular formula is C14H13NO3S2. The summed E-state index contributed by atoms with van der Waals surface area (Å²) in [6, 6.07) is 1.63. The molecule has 0 saturated carbocycles. The Morgan fingerprint density at radius 1 is 1.20 bits per heavy atom. The molecule has 0 spiro atoms. The van der Waals surface area contributed by atoms with Crippen molar-refractivity contribution in [1.29, 1.82) is 0 Å². The Morgan fingerprint density at radius 2 is 2.00 bits per heavy atom. The van der Waals surface area contributed by atoms with Gasteiger partial charge >= 0.3 is 5.97 Å². The predicted molar refractivity (Wildman–Crippen MR) is 80.2 cm³/mol. The van der Waals surface area contributed by atoms with E-state index in [2.05, 4.69) is 5.32 Å². The number of rotatable bonds is 3. The highest BCUT2D eigenvalue weighted by Gasteiger charge is 2.21. The monoisotopic (exact) mass is 307 g/mol. The van der Waals surface area contributed by atoms with Crippen molar-refractivity contribution < 1.29 is 14.7 Å². The number of carboxylic acid groups (broad SMARTS) is 1. The van der Waals surface area contributed by atoms with Gasteiger partial charge in [0, 0.05) is 10.3 Å². The first-order valence-electron chi connectivity index (χ1n) is 6.38. The van der Waals surface area contributed by atoms with Crippen molar-refractivity contribution in [3.05, 3.63) is 37.7 Å². The Balaban J connectivity index is 1.85. The maximum absolute atomic E-state index is 12.3. The lowest BCUT2D eigenvalue weighted by Gasteiger charge is -2.12. The number of carbonyl (C=O) groups is 2. The number of thiophene rings is 2. The van der Waals surface area contributed by atoms with Crippen LogP contribution in [0.4, 0.5) is 5.69 Å². The standard InChI is InChI=1S/C14H13NO3S2/c16-13(15-10-5-6-19-12(10)14(17)18)9-7-20-11-4-2-1-3-8(9)11/h5-7H,1-4H2,(H,15,16)(H,17,18). The normalized spacial score (nSPS) is 13.8. The van der Waals surface area contributed by atoms with Crippen LogP contribution in [0.3, 0.4) is 0 Å². The van der Waals surface area contributed by atoms with Gasteiger partial charge < -0.3 is 10.4 Å². The first kappa shape index (κ1) is 13.3. The molecule has 104 valence electrons. The van der Waals surface area contributed by atoms with E-state index in [1.807, 2.05) is 5.38 Å². The molecule has 0 aliphatic heterocycles. The lowest BCUT2D eigenvalue weighted by molar-refractivity contribution is 0.0703. The van der Waals surface area contributed by atoms with E-state index in [9.17, 15) is 9.59 Å². The Hall–Kier alpha value is -1.66. The van der Waals surface area contributed by atoms with Crippen LogP contribution in [0, 0.1) is 0 Å². The number of nitrogens with one attached hydrogen (secondary N) is 1. The van der Waals surface area contributed by atoms with Crippen LogP contribution in [0.1, 0.15) is 43.3 Å². The van der Waals surface area contributed by atoms with Gasteiger partial charge in [-0.05, 0) is 42.7 Å². The lowest BCUT2D eigenvalue weighted by Crippen LogP contribution is -2.15. The van der Waals surface area contributed by atoms with Gasteiger partial charge in [-0.15, -0.1) is 22.7 Å². The second-order valence-corrected chi connectivity index (χ2v) is 6.56. The van der Waals surface area contributed by atoms with Crippen molar-refractivity contribution in [2.75, 3.05) is 5.32 Å². The van der Waals surface area contributed by atoms with E-state index < -0.39 is 5.97 Å². The van der Waals surface area contributed by atoms with Gasteiger partial charge in [-0.3, -0.25) is 4.79 Å². The van der Waals surface area contributed by atoms with Crippen LogP contribution in [0.5, 0.6) is 0 Å². The molecule has 3 rings (SSSR count). The molecule has 0 radical (unpaired) electrons. The highest BCUT2D eigenvalue weighted by molar-refractivity contribution is 7.12. The number of hydrogen-bond acceptors (Lipinski definition) is 4. The van der Waals surface area contributed by atoms with E-state index in [1.54, 1.807) is 22.8 Å². The second-order valence-electron chi connectivity index (χ2n) is 4.68. The number of aromatic carboxylic acids is 1. The first-order chi connectivity index (χ1) is 9.66. The Bertz CT molecular complexity index is 672. The predicted octanol–water partition coefficient (Wildman–Crippen LogP) is 3.64. The molecule has 1 amide bonds. The molecule has 0 saturated heterocycles. The van der Waals surface area contributed by atoms with Gasteiger partial charge in [-0.25, -0.2) is 4.79 Å². The van der Waals surface area contributed by atoms with Crippen molar-refractivity contribution >= 4 is 40.2 Å². The van der Waals surface area contributed by atoms with Gasteiger partial charge in [0.25, 0.3) is 5.91 Å². The molecule has 2 aromatic heterocycles. The molecule has 2 N–H and O–H groups in total. The summed E-state index contributed by atoms with van der Waals surface area (Å²) in [7, 11) is 0. The fraction of sp³-hybridized carbons (Fsp3) is 0.286. The summed E-state index contributed by atoms with van der Waals surface area (Å²) in [4.78, 5) is 24.8. The van der Waals surface area contributed by atoms with Gasteiger partial charge in [0.1, 0.15) is 4.88 Å². The summed E-state index contributed by atoms with van der Waals surface area (Å²) in [6.45, 7) is 0. The van der Waals surface area contributed by atoms with Gasteiger partial charge in [0.05, 0.1) is 11.3 Å². The molecule has 2 heterocycles. The van der Waals surface area contributed by atoms with Crippen molar-refractivity contribution in [1.82, 2.24) is 0 Å². The highest BCUT2D eigenvalue weighted by Crippen LogP contribution is 2.31. The average molecular weight is 307 g/mol. The van der Waals surface area contributed by atoms with Crippen LogP contribution in [0.2, 0.25) is 0 Å². The number of anilines is 1. The number of carbonyl (C=O) groups excluding carboxylic acids is 1. The molecule has 0 bridgehead atoms. The minimum absolute atomic E-state index is 0.169. The number of amides is 1. The molecule has 20 heavy (non-hydrogen) atoms. The van der Waals surface area contributed by atoms with E-state index in [1.165, 1.54) is 11.3 Å². The SMILES string of the molecule is O=C(Nc1ccsc1C(=O)O)c1csc2c1CCCC2. The maximum Gasteiger partial charge on any atom is 0.348 e. The van der Waals surface area contributed by atoms with Crippen LogP contribution in [-0.4, -0.2) is 17.0 Å². The molecule has 0 aromatic carbocycles. The largest absolute Gasteiger partial charge is 0.477 e. The summed E-state index contributed by atoms with van der Waals surface area (Å²) in [5, 5.41) is 15.3. The second kappa shape index (κ2) is 5.38. The number of hydrogen-bond donors (Lipinski definition) is 2. The average Bonchev–Trinajstić information content (AvgIpc) is 3.04. The van der Waals surface area contributed by atoms with E-state index >= 15 is 0 Å². The van der Waals surface area contributed by atoms with E-state index in [0.717, 1.165) is 36.2 Å². The summed E-state index contributed by atoms with van der Waals surface area (Å²) in [5.41, 5.74) is 2.22. The third-order valence-corrected chi connectivity index (χ3v) is 5.40. The van der Waals surface area contributed by atoms with Crippen molar-refractivity contribution in [3.8, 4) is 0 Å². The lowest BCUT2D eigenvalue weighted by atomic mass is 9.95. The number of carboxylic acids is 1. The molecule has 0 atom stereocenters. The van der Waals surface area contributed by atoms with Gasteiger partial charge in [-0.1, -0.05) is 0 Å². The minimum atomic E-state index is -1.01. The smallest absolute Gasteiger partial charge is 0.348 e. The summed E-state index contributed by atoms with van der Waals surface area (Å²) < 4.78 is 0. The molecule has 4 nitrogen and oxygen atoms in total. The van der Waals surface area contributed by atoms with Gasteiger partial charge in [0.15, 0.2) is 0 Å². The zero-order valence-electron chi connectivity index (χ0n) is 10.6. The first-order valence-corrected chi connectivity index (χ1v) is 8.14. The summed E-state index contributed by atoms with van der Waals surface area (Å²) in [5.74, 6) is -1.21. The molecule has 0 fully saturated rings. The van der Waals surface area contributed by atoms with Crippen molar-refractivity contribution in [3.63, 3.8) is 0 Å². The summed E-state index contributed by atoms with van der Waals surface area (Å²) >= 11 is 2.74. The van der Waals surface area contributed by atoms with Crippen LogP contribution >= 0.6 is 22.7 Å². The fourth-order valence-corrected chi connectivity index (χ4v) is 4.26. The Labute approximate surface area is 124 Å². The van der Waals surface area contributed by atoms with Crippen LogP contribution < -0.4 is 5.32 Å². The zero-order valence-corrected chi connectivity index (χ0v) is 12.3. The van der Waals surface area contributed by atoms with Crippen LogP contribution in [-0.2, 0) is 12.8 Å². The van der Waals surface area contributed by atoms with Crippen LogP contribution in [0.15, 0.2) is 16.8 Å². The molecule has 6 heteroatoms. The van der Waals surface area contributed by atoms with E-state index in [4.69, 9.17) is 5.11 Å². The van der Waals surface area contributed by atoms with Crippen LogP contribution in [0.25, 0.3) is 0 Å². The van der Waals surface area contributed by atoms with Gasteiger partial charge in [-0.2, -0.15) is 0 Å². The third kappa shape index (κ3) is 2.36. The molecule has 1 aliphatic rings. The molecule has 0 unspecified atom stereocenters. The number of aryl methyl sites for hydroxylation is 1. The maximum atomic E-state index is 12.3. The number of fused-ring (bicyclic) bond motifs is 1. The quantitative estimate of drug-likeness (QED) is 0.909. The van der Waals surface area contributed by atoms with Crippen molar-refractivity contribution in [2.24, 2.45) is 0 Å². The Morgan fingerprint density at radius 3 is 2.80 bits per heavy atom. The van der Waals surface area contributed by atoms with E-state index in [0.29, 0.717) is 11.3 Å². The fourth-order valence-electron chi connectivity index (χ4n) is 2.45. The van der Waals surface area contributed by atoms with Crippen molar-refractivity contribution in [2.45, 2.75) is 25.7 Å². The van der Waals surface area contributed by atoms with Gasteiger partial charge in [0.2, 0.25) is 0 Å². The zero-order chi connectivity index (χ0) is 14.1. The van der Waals surface area contributed by atoms with E-state index in [-0.39, 0.29) is 10.8 Å². The highest BCUT2D eigenvalue weighted by atomic mass is 32.1. The summed E-state index contributed by atoms with van der Waals surface area (Å²) in [6.07, 6.45) is 4.29. The molecule has 2 aromatic rings. The minimum Gasteiger partial charge on any atom is -0.477 e. The Kier molecular flexibility index (Phi) is 3.58. The topological polar surface area (TPSA) is 66.4 Å². The third-order valence-electron chi connectivity index (χ3n) is 3.41. The molecule has 1 aliphatic carbocycles. The molecular weight excluding hydrogens is 294 g/mol.